The molecule has 10 heteroatoms. The number of amides is 1. The van der Waals surface area contributed by atoms with E-state index in [1.807, 2.05) is 56.3 Å². The number of nitrogens with zero attached hydrogens (tertiary/aromatic N) is 4. The number of allylic oxidation sites excluding steroid dienone is 1. The van der Waals surface area contributed by atoms with Gasteiger partial charge in [0, 0.05) is 25.0 Å². The second-order valence-electron chi connectivity index (χ2n) is 10.0. The van der Waals surface area contributed by atoms with Gasteiger partial charge >= 0.3 is 11.9 Å². The van der Waals surface area contributed by atoms with Crippen LogP contribution in [-0.2, 0) is 6.42 Å². The number of carbonyl (C=O) groups excluding carboxylic acids is 1. The average molecular weight is 577 g/mol. The first-order chi connectivity index (χ1) is 20.6. The lowest BCUT2D eigenvalue weighted by Crippen LogP contribution is -2.46. The third-order valence-corrected chi connectivity index (χ3v) is 7.14. The summed E-state index contributed by atoms with van der Waals surface area (Å²) in [5, 5.41) is 24.6. The Morgan fingerprint density at radius 1 is 0.837 bits per heavy atom. The van der Waals surface area contributed by atoms with Gasteiger partial charge in [-0.2, -0.15) is 5.01 Å². The molecule has 0 spiro atoms. The maximum Gasteiger partial charge on any atom is 0.335 e. The summed E-state index contributed by atoms with van der Waals surface area (Å²) in [5.41, 5.74) is 3.18. The van der Waals surface area contributed by atoms with Gasteiger partial charge in [-0.15, -0.1) is 5.10 Å². The first-order valence-electron chi connectivity index (χ1n) is 13.4. The molecule has 43 heavy (non-hydrogen) atoms. The molecule has 0 unspecified atom stereocenters. The molecular weight excluding hydrogens is 548 g/mol. The Morgan fingerprint density at radius 2 is 1.40 bits per heavy atom. The molecule has 2 N–H and O–H groups in total. The van der Waals surface area contributed by atoms with Crippen LogP contribution in [0.1, 0.15) is 49.1 Å². The molecule has 2 heterocycles. The summed E-state index contributed by atoms with van der Waals surface area (Å²) in [6, 6.07) is 19.3. The van der Waals surface area contributed by atoms with Gasteiger partial charge in [-0.3, -0.25) is 14.2 Å². The highest BCUT2D eigenvalue weighted by molar-refractivity contribution is 6.08. The summed E-state index contributed by atoms with van der Waals surface area (Å²) in [6.45, 7) is 1.85. The number of carboxylic acid groups (broad SMARTS) is 2. The lowest BCUT2D eigenvalue weighted by Gasteiger charge is -2.13. The number of carboxylic acids is 2. The topological polar surface area (TPSA) is 133 Å². The zero-order chi connectivity index (χ0) is 30.8. The minimum atomic E-state index is -1.11. The van der Waals surface area contributed by atoms with Crippen molar-refractivity contribution < 1.29 is 24.6 Å². The first kappa shape index (κ1) is 28.7. The van der Waals surface area contributed by atoms with Gasteiger partial charge in [0.25, 0.3) is 11.5 Å². The Balaban J connectivity index is 1.70. The van der Waals surface area contributed by atoms with Crippen molar-refractivity contribution in [2.45, 2.75) is 13.3 Å². The predicted octanol–water partition coefficient (Wildman–Crippen LogP) is 3.55. The molecule has 1 aliphatic heterocycles. The van der Waals surface area contributed by atoms with E-state index >= 15 is 0 Å². The second-order valence-corrected chi connectivity index (χ2v) is 10.0. The van der Waals surface area contributed by atoms with Gasteiger partial charge in [-0.05, 0) is 84.3 Å². The van der Waals surface area contributed by atoms with Crippen molar-refractivity contribution in [3.63, 3.8) is 0 Å². The smallest absolute Gasteiger partial charge is 0.335 e. The van der Waals surface area contributed by atoms with Crippen LogP contribution in [0, 0.1) is 0 Å². The standard InChI is InChI=1S/C33H28N4O6/c1-4-26-27(7-5-6-20-8-14-23(15-9-20)35(2)3)30(38)36(24-16-10-21(11-17-24)32(40)41)29-28(26)31(39)37(34-29)25-18-12-22(13-19-25)33(42)43/h5-19H,4H2,1-3H3,(H,40,41)(H,42,43)/b6-5?,27-7-. The fraction of sp³-hybridized carbons (Fsp3) is 0.121. The molecule has 1 amide bonds. The molecule has 0 saturated heterocycles. The van der Waals surface area contributed by atoms with Crippen LogP contribution >= 0.6 is 0 Å². The Bertz CT molecular complexity index is 1960. The van der Waals surface area contributed by atoms with E-state index in [2.05, 4.69) is 5.10 Å². The van der Waals surface area contributed by atoms with Crippen LogP contribution in [0.2, 0.25) is 0 Å². The number of aromatic nitrogens is 1. The number of pyridine rings is 1. The monoisotopic (exact) mass is 576 g/mol. The molecule has 0 atom stereocenters. The number of hydrogen-bond acceptors (Lipinski definition) is 6. The third kappa shape index (κ3) is 5.45. The third-order valence-electron chi connectivity index (χ3n) is 7.14. The highest BCUT2D eigenvalue weighted by Gasteiger charge is 2.31. The molecule has 3 aromatic carbocycles. The van der Waals surface area contributed by atoms with Gasteiger partial charge < -0.3 is 15.1 Å². The normalized spacial score (nSPS) is 12.9. The van der Waals surface area contributed by atoms with Crippen molar-refractivity contribution in [2.24, 2.45) is 5.10 Å². The molecule has 0 radical (unpaired) electrons. The minimum Gasteiger partial charge on any atom is -0.478 e. The molecule has 10 nitrogen and oxygen atoms in total. The molecule has 0 bridgehead atoms. The van der Waals surface area contributed by atoms with Crippen molar-refractivity contribution >= 4 is 41.4 Å². The summed E-state index contributed by atoms with van der Waals surface area (Å²) < 4.78 is 1.30. The quantitative estimate of drug-likeness (QED) is 0.328. The molecule has 4 aromatic rings. The van der Waals surface area contributed by atoms with E-state index in [0.717, 1.165) is 16.3 Å². The van der Waals surface area contributed by atoms with E-state index < -0.39 is 23.4 Å². The zero-order valence-corrected chi connectivity index (χ0v) is 23.7. The summed E-state index contributed by atoms with van der Waals surface area (Å²) in [7, 11) is 3.91. The maximum absolute atomic E-state index is 14.1. The molecule has 0 aliphatic carbocycles. The number of fused-ring (bicyclic) bond motifs is 1. The van der Waals surface area contributed by atoms with Crippen molar-refractivity contribution in [3.05, 3.63) is 128 Å². The highest BCUT2D eigenvalue weighted by Crippen LogP contribution is 2.22. The molecule has 0 saturated carbocycles. The molecule has 1 aromatic heterocycles. The molecule has 5 rings (SSSR count). The largest absolute Gasteiger partial charge is 0.478 e. The molecular formula is C33H28N4O6. The molecule has 216 valence electrons. The van der Waals surface area contributed by atoms with Crippen LogP contribution in [0.5, 0.6) is 0 Å². The Labute approximate surface area is 246 Å². The summed E-state index contributed by atoms with van der Waals surface area (Å²) in [5.74, 6) is -2.68. The average Bonchev–Trinajstić information content (AvgIpc) is 3.33. The van der Waals surface area contributed by atoms with Gasteiger partial charge in [0.05, 0.1) is 28.1 Å². The predicted molar refractivity (Wildman–Crippen MR) is 164 cm³/mol. The fourth-order valence-corrected chi connectivity index (χ4v) is 4.88. The number of hydrogen-bond donors (Lipinski definition) is 2. The second kappa shape index (κ2) is 11.6. The number of aromatic carboxylic acids is 2. The van der Waals surface area contributed by atoms with E-state index in [0.29, 0.717) is 28.6 Å². The lowest BCUT2D eigenvalue weighted by atomic mass is 10.0. The van der Waals surface area contributed by atoms with E-state index in [4.69, 9.17) is 0 Å². The van der Waals surface area contributed by atoms with E-state index in [1.165, 1.54) is 53.1 Å². The summed E-state index contributed by atoms with van der Waals surface area (Å²) in [6.07, 6.45) is 5.64. The lowest BCUT2D eigenvalue weighted by molar-refractivity contribution is 0.0686. The van der Waals surface area contributed by atoms with E-state index in [-0.39, 0.29) is 22.2 Å². The first-order valence-corrected chi connectivity index (χ1v) is 13.4. The Kier molecular flexibility index (Phi) is 7.76. The van der Waals surface area contributed by atoms with Crippen molar-refractivity contribution in [1.82, 2.24) is 4.57 Å². The van der Waals surface area contributed by atoms with Crippen LogP contribution in [0.3, 0.4) is 0 Å². The van der Waals surface area contributed by atoms with Gasteiger partial charge in [0.2, 0.25) is 0 Å². The number of carbonyl (C=O) groups is 3. The summed E-state index contributed by atoms with van der Waals surface area (Å²) in [4.78, 5) is 52.7. The summed E-state index contributed by atoms with van der Waals surface area (Å²) >= 11 is 0. The fourth-order valence-electron chi connectivity index (χ4n) is 4.88. The van der Waals surface area contributed by atoms with Crippen molar-refractivity contribution in [3.8, 4) is 5.69 Å². The van der Waals surface area contributed by atoms with Crippen molar-refractivity contribution in [2.75, 3.05) is 24.0 Å². The van der Waals surface area contributed by atoms with E-state index in [9.17, 15) is 29.4 Å². The van der Waals surface area contributed by atoms with E-state index in [1.54, 1.807) is 12.2 Å². The van der Waals surface area contributed by atoms with Crippen LogP contribution in [0.4, 0.5) is 11.4 Å². The molecule has 0 fully saturated rings. The Hall–Kier alpha value is -5.77. The Morgan fingerprint density at radius 3 is 1.91 bits per heavy atom. The van der Waals surface area contributed by atoms with Crippen LogP contribution in [0.25, 0.3) is 17.8 Å². The van der Waals surface area contributed by atoms with Gasteiger partial charge in [-0.1, -0.05) is 31.2 Å². The number of anilines is 2. The van der Waals surface area contributed by atoms with Gasteiger partial charge in [-0.25, -0.2) is 9.59 Å². The molecule has 1 aliphatic rings. The number of rotatable bonds is 8. The van der Waals surface area contributed by atoms with Gasteiger partial charge in [0.15, 0.2) is 5.49 Å². The van der Waals surface area contributed by atoms with Crippen LogP contribution in [0.15, 0.2) is 88.8 Å². The highest BCUT2D eigenvalue weighted by atomic mass is 16.4. The SMILES string of the molecule is CCc1c2c(n(-c3ccc(C(=O)O)cc3)c(=O)/c1=C\C=Cc1ccc(N(C)C)cc1)=NN(c1ccc(C(=O)O)cc1)C2=O. The van der Waals surface area contributed by atoms with Gasteiger partial charge in [0.1, 0.15) is 0 Å². The zero-order valence-electron chi connectivity index (χ0n) is 23.7. The minimum absolute atomic E-state index is 0.0433. The van der Waals surface area contributed by atoms with Crippen LogP contribution in [-0.4, -0.2) is 46.7 Å². The van der Waals surface area contributed by atoms with Crippen molar-refractivity contribution in [1.29, 1.82) is 0 Å². The maximum atomic E-state index is 14.1. The van der Waals surface area contributed by atoms with Crippen LogP contribution < -0.4 is 26.2 Å². The number of benzene rings is 3.